The Morgan fingerprint density at radius 3 is 2.42 bits per heavy atom. The van der Waals surface area contributed by atoms with E-state index in [9.17, 15) is 14.7 Å². The first kappa shape index (κ1) is 20.6. The van der Waals surface area contributed by atoms with Crippen molar-refractivity contribution in [1.29, 1.82) is 0 Å². The van der Waals surface area contributed by atoms with Crippen molar-refractivity contribution in [2.75, 3.05) is 12.0 Å². The molecule has 1 amide bonds. The van der Waals surface area contributed by atoms with Gasteiger partial charge in [-0.05, 0) is 42.0 Å². The summed E-state index contributed by atoms with van der Waals surface area (Å²) in [5.41, 5.74) is 0.856. The SMILES string of the molecule is COc1ccccc1N1C(=O)C(=O)/C(=C(\O)c2cccc3ccccc23)C1c1ccc(C)o1. The minimum atomic E-state index is -0.950. The molecule has 0 spiro atoms. The number of aliphatic hydroxyl groups excluding tert-OH is 1. The van der Waals surface area contributed by atoms with Gasteiger partial charge in [0.2, 0.25) is 0 Å². The van der Waals surface area contributed by atoms with Crippen molar-refractivity contribution in [3.63, 3.8) is 0 Å². The quantitative estimate of drug-likeness (QED) is 0.262. The van der Waals surface area contributed by atoms with Crippen LogP contribution in [0.5, 0.6) is 5.75 Å². The van der Waals surface area contributed by atoms with Gasteiger partial charge in [-0.3, -0.25) is 14.5 Å². The van der Waals surface area contributed by atoms with Gasteiger partial charge in [0.05, 0.1) is 18.4 Å². The lowest BCUT2D eigenvalue weighted by molar-refractivity contribution is -0.132. The molecule has 0 bridgehead atoms. The zero-order valence-electron chi connectivity index (χ0n) is 18.1. The number of ketones is 1. The molecule has 0 radical (unpaired) electrons. The summed E-state index contributed by atoms with van der Waals surface area (Å²) in [6.45, 7) is 1.78. The lowest BCUT2D eigenvalue weighted by atomic mass is 9.96. The first-order valence-electron chi connectivity index (χ1n) is 10.5. The van der Waals surface area contributed by atoms with E-state index in [2.05, 4.69) is 0 Å². The van der Waals surface area contributed by atoms with Gasteiger partial charge in [0.15, 0.2) is 0 Å². The van der Waals surface area contributed by atoms with Gasteiger partial charge in [-0.1, -0.05) is 54.6 Å². The largest absolute Gasteiger partial charge is 0.507 e. The van der Waals surface area contributed by atoms with E-state index >= 15 is 0 Å². The lowest BCUT2D eigenvalue weighted by Gasteiger charge is -2.25. The minimum absolute atomic E-state index is 0.0309. The fourth-order valence-corrected chi connectivity index (χ4v) is 4.36. The summed E-state index contributed by atoms with van der Waals surface area (Å²) in [6.07, 6.45) is 0. The van der Waals surface area contributed by atoms with Crippen molar-refractivity contribution in [2.24, 2.45) is 0 Å². The number of hydrogen-bond donors (Lipinski definition) is 1. The number of aryl methyl sites for hydroxylation is 1. The van der Waals surface area contributed by atoms with Crippen LogP contribution in [0, 0.1) is 6.92 Å². The third-order valence-corrected chi connectivity index (χ3v) is 5.86. The normalized spacial score (nSPS) is 17.6. The number of nitrogens with zero attached hydrogens (tertiary/aromatic N) is 1. The Bertz CT molecular complexity index is 1430. The lowest BCUT2D eigenvalue weighted by Crippen LogP contribution is -2.29. The van der Waals surface area contributed by atoms with Gasteiger partial charge in [0.1, 0.15) is 29.1 Å². The third kappa shape index (κ3) is 3.27. The highest BCUT2D eigenvalue weighted by atomic mass is 16.5. The van der Waals surface area contributed by atoms with Crippen molar-refractivity contribution in [3.05, 3.63) is 102 Å². The van der Waals surface area contributed by atoms with Gasteiger partial charge in [0, 0.05) is 5.56 Å². The number of hydrogen-bond acceptors (Lipinski definition) is 5. The van der Waals surface area contributed by atoms with Crippen LogP contribution in [-0.4, -0.2) is 23.9 Å². The van der Waals surface area contributed by atoms with Crippen LogP contribution in [0.25, 0.3) is 16.5 Å². The molecule has 6 nitrogen and oxygen atoms in total. The van der Waals surface area contributed by atoms with Crippen molar-refractivity contribution >= 4 is 33.9 Å². The molecule has 5 rings (SSSR count). The molecular weight excluding hydrogens is 418 g/mol. The van der Waals surface area contributed by atoms with Crippen LogP contribution >= 0.6 is 0 Å². The van der Waals surface area contributed by atoms with Crippen molar-refractivity contribution in [3.8, 4) is 5.75 Å². The van der Waals surface area contributed by atoms with E-state index in [1.807, 2.05) is 30.3 Å². The Morgan fingerprint density at radius 1 is 0.939 bits per heavy atom. The van der Waals surface area contributed by atoms with Crippen molar-refractivity contribution in [2.45, 2.75) is 13.0 Å². The number of ether oxygens (including phenoxy) is 1. The number of benzene rings is 3. The average molecular weight is 439 g/mol. The Labute approximate surface area is 190 Å². The molecule has 33 heavy (non-hydrogen) atoms. The van der Waals surface area contributed by atoms with Crippen LogP contribution in [0.2, 0.25) is 0 Å². The van der Waals surface area contributed by atoms with Gasteiger partial charge in [-0.15, -0.1) is 0 Å². The number of aliphatic hydroxyl groups is 1. The third-order valence-electron chi connectivity index (χ3n) is 5.86. The van der Waals surface area contributed by atoms with Crippen molar-refractivity contribution < 1.29 is 23.8 Å². The summed E-state index contributed by atoms with van der Waals surface area (Å²) in [5.74, 6) is -0.370. The Hall–Kier alpha value is -4.32. The Morgan fingerprint density at radius 2 is 1.67 bits per heavy atom. The topological polar surface area (TPSA) is 80.0 Å². The molecule has 6 heteroatoms. The maximum Gasteiger partial charge on any atom is 0.300 e. The second-order valence-electron chi connectivity index (χ2n) is 7.82. The number of anilines is 1. The minimum Gasteiger partial charge on any atom is -0.507 e. The first-order chi connectivity index (χ1) is 16.0. The number of methoxy groups -OCH3 is 1. The molecule has 1 unspecified atom stereocenters. The molecule has 1 saturated heterocycles. The second-order valence-corrected chi connectivity index (χ2v) is 7.82. The molecule has 0 aliphatic carbocycles. The zero-order valence-corrected chi connectivity index (χ0v) is 18.1. The van der Waals surface area contributed by atoms with Gasteiger partial charge < -0.3 is 14.3 Å². The van der Waals surface area contributed by atoms with Gasteiger partial charge in [-0.25, -0.2) is 0 Å². The smallest absolute Gasteiger partial charge is 0.300 e. The Kier molecular flexibility index (Phi) is 4.98. The summed E-state index contributed by atoms with van der Waals surface area (Å²) in [4.78, 5) is 28.0. The molecule has 164 valence electrons. The number of amides is 1. The van der Waals surface area contributed by atoms with E-state index in [1.165, 1.54) is 12.0 Å². The molecule has 1 aliphatic heterocycles. The van der Waals surface area contributed by atoms with E-state index in [0.29, 0.717) is 28.5 Å². The van der Waals surface area contributed by atoms with Crippen LogP contribution in [0.15, 0.2) is 88.9 Å². The molecule has 4 aromatic rings. The summed E-state index contributed by atoms with van der Waals surface area (Å²) in [6, 6.07) is 22.5. The summed E-state index contributed by atoms with van der Waals surface area (Å²) < 4.78 is 11.3. The number of fused-ring (bicyclic) bond motifs is 1. The van der Waals surface area contributed by atoms with Crippen molar-refractivity contribution in [1.82, 2.24) is 0 Å². The van der Waals surface area contributed by atoms with Gasteiger partial charge in [0.25, 0.3) is 11.7 Å². The number of Topliss-reactive ketones (excluding diaryl/α,β-unsaturated/α-hetero) is 1. The molecule has 1 N–H and O–H groups in total. The molecule has 1 aliphatic rings. The summed E-state index contributed by atoms with van der Waals surface area (Å²) in [5, 5.41) is 13.1. The van der Waals surface area contributed by atoms with E-state index in [1.54, 1.807) is 55.5 Å². The van der Waals surface area contributed by atoms with Crippen LogP contribution in [0.4, 0.5) is 5.69 Å². The Balaban J connectivity index is 1.79. The van der Waals surface area contributed by atoms with Crippen LogP contribution < -0.4 is 9.64 Å². The number of para-hydroxylation sites is 2. The number of furan rings is 1. The first-order valence-corrected chi connectivity index (χ1v) is 10.5. The average Bonchev–Trinajstić information content (AvgIpc) is 3.38. The molecule has 1 fully saturated rings. The molecular formula is C27H21NO5. The fourth-order valence-electron chi connectivity index (χ4n) is 4.36. The summed E-state index contributed by atoms with van der Waals surface area (Å²) >= 11 is 0. The van der Waals surface area contributed by atoms with E-state index in [-0.39, 0.29) is 11.3 Å². The van der Waals surface area contributed by atoms with Crippen LogP contribution in [0.1, 0.15) is 23.1 Å². The van der Waals surface area contributed by atoms with Gasteiger partial charge in [-0.2, -0.15) is 0 Å². The summed E-state index contributed by atoms with van der Waals surface area (Å²) in [7, 11) is 1.50. The number of carbonyl (C=O) groups is 2. The molecule has 3 aromatic carbocycles. The number of carbonyl (C=O) groups excluding carboxylic acids is 2. The van der Waals surface area contributed by atoms with E-state index < -0.39 is 17.7 Å². The monoisotopic (exact) mass is 439 g/mol. The van der Waals surface area contributed by atoms with E-state index in [4.69, 9.17) is 9.15 Å². The standard InChI is InChI=1S/C27H21NO5/c1-16-14-15-22(33-16)24-23(25(29)19-11-7-9-17-8-3-4-10-18(17)19)26(30)27(31)28(24)20-12-5-6-13-21(20)32-2/h3-15,24,29H,1-2H3/b25-23-. The molecule has 0 saturated carbocycles. The maximum absolute atomic E-state index is 13.3. The molecule has 1 atom stereocenters. The fraction of sp³-hybridized carbons (Fsp3) is 0.111. The molecule has 1 aromatic heterocycles. The zero-order chi connectivity index (χ0) is 23.1. The highest BCUT2D eigenvalue weighted by Crippen LogP contribution is 2.45. The second kappa shape index (κ2) is 7.98. The highest BCUT2D eigenvalue weighted by molar-refractivity contribution is 6.52. The maximum atomic E-state index is 13.3. The van der Waals surface area contributed by atoms with Gasteiger partial charge >= 0.3 is 0 Å². The predicted molar refractivity (Wildman–Crippen MR) is 125 cm³/mol. The molecule has 2 heterocycles. The van der Waals surface area contributed by atoms with Crippen LogP contribution in [0.3, 0.4) is 0 Å². The highest BCUT2D eigenvalue weighted by Gasteiger charge is 2.49. The van der Waals surface area contributed by atoms with Crippen LogP contribution in [-0.2, 0) is 9.59 Å². The predicted octanol–water partition coefficient (Wildman–Crippen LogP) is 5.38. The van der Waals surface area contributed by atoms with E-state index in [0.717, 1.165) is 10.8 Å². The number of rotatable bonds is 4.